The van der Waals surface area contributed by atoms with Gasteiger partial charge in [-0.1, -0.05) is 0 Å². The van der Waals surface area contributed by atoms with Crippen LogP contribution in [-0.2, 0) is 5.75 Å². The summed E-state index contributed by atoms with van der Waals surface area (Å²) in [6, 6.07) is 5.73. The average Bonchev–Trinajstić information content (AvgIpc) is 2.29. The van der Waals surface area contributed by atoms with Crippen molar-refractivity contribution in [3.63, 3.8) is 0 Å². The molecule has 1 aromatic carbocycles. The van der Waals surface area contributed by atoms with Gasteiger partial charge in [-0.2, -0.15) is 11.8 Å². The highest BCUT2D eigenvalue weighted by molar-refractivity contribution is 7.98. The molecule has 3 nitrogen and oxygen atoms in total. The van der Waals surface area contributed by atoms with Crippen LogP contribution in [0.15, 0.2) is 18.2 Å². The number of benzene rings is 1. The Morgan fingerprint density at radius 2 is 2.07 bits per heavy atom. The van der Waals surface area contributed by atoms with Crippen LogP contribution >= 0.6 is 11.8 Å². The van der Waals surface area contributed by atoms with E-state index in [-0.39, 0.29) is 6.61 Å². The Kier molecular flexibility index (Phi) is 5.36. The topological polar surface area (TPSA) is 38.7 Å². The Bertz CT molecular complexity index is 302. The Labute approximate surface area is 94.4 Å². The molecule has 1 rings (SSSR count). The summed E-state index contributed by atoms with van der Waals surface area (Å²) in [6.07, 6.45) is 0. The number of ether oxygens (including phenoxy) is 2. The molecule has 1 aromatic rings. The number of aliphatic hydroxyl groups is 1. The second-order valence-electron chi connectivity index (χ2n) is 2.95. The number of methoxy groups -OCH3 is 2. The fourth-order valence-electron chi connectivity index (χ4n) is 1.24. The summed E-state index contributed by atoms with van der Waals surface area (Å²) in [7, 11) is 3.30. The van der Waals surface area contributed by atoms with Crippen molar-refractivity contribution in [2.45, 2.75) is 5.75 Å². The van der Waals surface area contributed by atoms with Crippen molar-refractivity contribution in [3.05, 3.63) is 23.8 Å². The van der Waals surface area contributed by atoms with E-state index in [0.29, 0.717) is 0 Å². The van der Waals surface area contributed by atoms with Crippen LogP contribution in [0, 0.1) is 0 Å². The lowest BCUT2D eigenvalue weighted by Crippen LogP contribution is -1.94. The van der Waals surface area contributed by atoms with Crippen LogP contribution in [0.4, 0.5) is 0 Å². The molecule has 0 radical (unpaired) electrons. The molecule has 84 valence electrons. The lowest BCUT2D eigenvalue weighted by molar-refractivity contribution is 0.322. The van der Waals surface area contributed by atoms with Crippen LogP contribution in [0.1, 0.15) is 5.56 Å². The fourth-order valence-corrected chi connectivity index (χ4v) is 1.96. The quantitative estimate of drug-likeness (QED) is 0.755. The summed E-state index contributed by atoms with van der Waals surface area (Å²) in [5.41, 5.74) is 1.09. The van der Waals surface area contributed by atoms with Crippen LogP contribution in [0.2, 0.25) is 0 Å². The SMILES string of the molecule is COc1ccc(OC)c(CSCCO)c1. The highest BCUT2D eigenvalue weighted by Crippen LogP contribution is 2.27. The minimum atomic E-state index is 0.205. The standard InChI is InChI=1S/C11H16O3S/c1-13-10-3-4-11(14-2)9(7-10)8-15-6-5-12/h3-4,7,12H,5-6,8H2,1-2H3. The lowest BCUT2D eigenvalue weighted by atomic mass is 10.2. The Hall–Kier alpha value is -0.870. The molecule has 0 amide bonds. The average molecular weight is 228 g/mol. The number of thioether (sulfide) groups is 1. The number of aliphatic hydroxyl groups excluding tert-OH is 1. The van der Waals surface area contributed by atoms with Gasteiger partial charge in [0.1, 0.15) is 11.5 Å². The molecule has 0 heterocycles. The minimum Gasteiger partial charge on any atom is -0.497 e. The van der Waals surface area contributed by atoms with Crippen molar-refractivity contribution < 1.29 is 14.6 Å². The van der Waals surface area contributed by atoms with Crippen molar-refractivity contribution in [1.29, 1.82) is 0 Å². The molecule has 0 fully saturated rings. The second-order valence-corrected chi connectivity index (χ2v) is 4.06. The first-order valence-electron chi connectivity index (χ1n) is 4.71. The molecule has 0 atom stereocenters. The van der Waals surface area contributed by atoms with E-state index in [0.717, 1.165) is 28.6 Å². The molecule has 0 aliphatic carbocycles. The zero-order valence-corrected chi connectivity index (χ0v) is 9.84. The predicted molar refractivity (Wildman–Crippen MR) is 62.8 cm³/mol. The Morgan fingerprint density at radius 1 is 1.27 bits per heavy atom. The van der Waals surface area contributed by atoms with E-state index in [2.05, 4.69) is 0 Å². The van der Waals surface area contributed by atoms with Crippen LogP contribution in [-0.4, -0.2) is 31.7 Å². The molecule has 0 aromatic heterocycles. The van der Waals surface area contributed by atoms with E-state index in [1.165, 1.54) is 0 Å². The fraction of sp³-hybridized carbons (Fsp3) is 0.455. The van der Waals surface area contributed by atoms with Crippen molar-refractivity contribution in [1.82, 2.24) is 0 Å². The second kappa shape index (κ2) is 6.58. The largest absolute Gasteiger partial charge is 0.497 e. The predicted octanol–water partition coefficient (Wildman–Crippen LogP) is 1.93. The molecule has 0 bridgehead atoms. The summed E-state index contributed by atoms with van der Waals surface area (Å²) in [5, 5.41) is 8.69. The third-order valence-electron chi connectivity index (χ3n) is 1.98. The first-order valence-corrected chi connectivity index (χ1v) is 5.86. The molecule has 0 saturated carbocycles. The van der Waals surface area contributed by atoms with Gasteiger partial charge in [-0.3, -0.25) is 0 Å². The number of hydrogen-bond acceptors (Lipinski definition) is 4. The van der Waals surface area contributed by atoms with Gasteiger partial charge in [0.05, 0.1) is 20.8 Å². The van der Waals surface area contributed by atoms with E-state index in [1.54, 1.807) is 26.0 Å². The van der Waals surface area contributed by atoms with Crippen molar-refractivity contribution in [2.24, 2.45) is 0 Å². The van der Waals surface area contributed by atoms with Gasteiger partial charge in [0.15, 0.2) is 0 Å². The number of hydrogen-bond donors (Lipinski definition) is 1. The van der Waals surface area contributed by atoms with E-state index in [4.69, 9.17) is 14.6 Å². The summed E-state index contributed by atoms with van der Waals surface area (Å²) < 4.78 is 10.4. The molecule has 4 heteroatoms. The molecular formula is C11H16O3S. The van der Waals surface area contributed by atoms with E-state index < -0.39 is 0 Å². The van der Waals surface area contributed by atoms with E-state index in [9.17, 15) is 0 Å². The Morgan fingerprint density at radius 3 is 2.67 bits per heavy atom. The van der Waals surface area contributed by atoms with Crippen LogP contribution < -0.4 is 9.47 Å². The molecule has 1 N–H and O–H groups in total. The van der Waals surface area contributed by atoms with Gasteiger partial charge in [-0.15, -0.1) is 0 Å². The third-order valence-corrected chi connectivity index (χ3v) is 2.97. The molecule has 0 unspecified atom stereocenters. The zero-order chi connectivity index (χ0) is 11.1. The van der Waals surface area contributed by atoms with Gasteiger partial charge in [-0.05, 0) is 18.2 Å². The first kappa shape index (κ1) is 12.2. The van der Waals surface area contributed by atoms with Crippen LogP contribution in [0.5, 0.6) is 11.5 Å². The van der Waals surface area contributed by atoms with E-state index in [1.807, 2.05) is 18.2 Å². The molecule has 0 saturated heterocycles. The molecule has 0 aliphatic heterocycles. The van der Waals surface area contributed by atoms with Crippen LogP contribution in [0.25, 0.3) is 0 Å². The Balaban J connectivity index is 2.72. The highest BCUT2D eigenvalue weighted by Gasteiger charge is 2.04. The van der Waals surface area contributed by atoms with Crippen molar-refractivity contribution >= 4 is 11.8 Å². The monoisotopic (exact) mass is 228 g/mol. The third kappa shape index (κ3) is 3.64. The summed E-state index contributed by atoms with van der Waals surface area (Å²) in [5.74, 6) is 3.25. The molecule has 15 heavy (non-hydrogen) atoms. The van der Waals surface area contributed by atoms with Gasteiger partial charge in [0, 0.05) is 17.1 Å². The maximum atomic E-state index is 8.69. The zero-order valence-electron chi connectivity index (χ0n) is 9.03. The lowest BCUT2D eigenvalue weighted by Gasteiger charge is -2.09. The smallest absolute Gasteiger partial charge is 0.123 e. The minimum absolute atomic E-state index is 0.205. The molecule has 0 aliphatic rings. The van der Waals surface area contributed by atoms with Gasteiger partial charge >= 0.3 is 0 Å². The normalized spacial score (nSPS) is 10.1. The summed E-state index contributed by atoms with van der Waals surface area (Å²) in [6.45, 7) is 0.205. The number of rotatable bonds is 6. The summed E-state index contributed by atoms with van der Waals surface area (Å²) in [4.78, 5) is 0. The van der Waals surface area contributed by atoms with Gasteiger partial charge < -0.3 is 14.6 Å². The maximum Gasteiger partial charge on any atom is 0.123 e. The van der Waals surface area contributed by atoms with Crippen molar-refractivity contribution in [2.75, 3.05) is 26.6 Å². The highest BCUT2D eigenvalue weighted by atomic mass is 32.2. The van der Waals surface area contributed by atoms with Crippen LogP contribution in [0.3, 0.4) is 0 Å². The summed E-state index contributed by atoms with van der Waals surface area (Å²) >= 11 is 1.67. The van der Waals surface area contributed by atoms with Gasteiger partial charge in [-0.25, -0.2) is 0 Å². The molecular weight excluding hydrogens is 212 g/mol. The van der Waals surface area contributed by atoms with Crippen molar-refractivity contribution in [3.8, 4) is 11.5 Å². The van der Waals surface area contributed by atoms with E-state index >= 15 is 0 Å². The van der Waals surface area contributed by atoms with Gasteiger partial charge in [0.2, 0.25) is 0 Å². The van der Waals surface area contributed by atoms with Gasteiger partial charge in [0.25, 0.3) is 0 Å². The maximum absolute atomic E-state index is 8.69. The molecule has 0 spiro atoms. The first-order chi connectivity index (χ1) is 7.31.